The summed E-state index contributed by atoms with van der Waals surface area (Å²) in [5, 5.41) is 0.488. The molecule has 2 amide bonds. The Bertz CT molecular complexity index is 1530. The maximum absolute atomic E-state index is 13.8. The number of anilines is 1. The molecule has 0 bridgehead atoms. The number of imide groups is 1. The van der Waals surface area contributed by atoms with Gasteiger partial charge in [0.1, 0.15) is 6.04 Å². The van der Waals surface area contributed by atoms with Crippen LogP contribution < -0.4 is 4.90 Å². The second-order valence-corrected chi connectivity index (χ2v) is 10.8. The fourth-order valence-corrected chi connectivity index (χ4v) is 5.97. The number of Topliss-reactive ketones (excluding diaryl/α,β-unsaturated/α-hetero) is 2. The topological polar surface area (TPSA) is 74.8 Å². The van der Waals surface area contributed by atoms with Crippen LogP contribution >= 0.6 is 27.5 Å². The van der Waals surface area contributed by atoms with Gasteiger partial charge in [-0.15, -0.1) is 0 Å². The lowest BCUT2D eigenvalue weighted by molar-refractivity contribution is -0.123. The summed E-state index contributed by atoms with van der Waals surface area (Å²) in [6, 6.07) is 20.7. The van der Waals surface area contributed by atoms with Crippen LogP contribution in [0.1, 0.15) is 20.7 Å². The Kier molecular flexibility index (Phi) is 6.13. The van der Waals surface area contributed by atoms with Crippen molar-refractivity contribution in [1.82, 2.24) is 4.90 Å². The van der Waals surface area contributed by atoms with Crippen molar-refractivity contribution in [2.75, 3.05) is 4.90 Å². The van der Waals surface area contributed by atoms with Crippen molar-refractivity contribution in [2.45, 2.75) is 12.1 Å². The van der Waals surface area contributed by atoms with E-state index < -0.39 is 29.8 Å². The zero-order valence-electron chi connectivity index (χ0n) is 19.8. The molecule has 8 heteroatoms. The maximum Gasteiger partial charge on any atom is 0.240 e. The second-order valence-electron chi connectivity index (χ2n) is 9.43. The van der Waals surface area contributed by atoms with Crippen molar-refractivity contribution in [2.24, 2.45) is 11.8 Å². The molecule has 0 radical (unpaired) electrons. The monoisotopic (exact) mass is 586 g/mol. The second kappa shape index (κ2) is 9.49. The van der Waals surface area contributed by atoms with Crippen LogP contribution in [0, 0.1) is 11.8 Å². The number of carbonyl (C=O) groups is 4. The summed E-state index contributed by atoms with van der Waals surface area (Å²) in [6.07, 6.45) is 5.04. The highest BCUT2D eigenvalue weighted by Crippen LogP contribution is 2.47. The molecule has 6 nitrogen and oxygen atoms in total. The van der Waals surface area contributed by atoms with Crippen LogP contribution in [0.5, 0.6) is 0 Å². The summed E-state index contributed by atoms with van der Waals surface area (Å²) in [6.45, 7) is 0. The van der Waals surface area contributed by atoms with E-state index in [0.717, 1.165) is 4.47 Å². The molecule has 3 aliphatic rings. The Morgan fingerprint density at radius 3 is 2.13 bits per heavy atom. The minimum atomic E-state index is -0.913. The molecule has 4 atom stereocenters. The van der Waals surface area contributed by atoms with Crippen LogP contribution in [0.4, 0.5) is 5.69 Å². The van der Waals surface area contributed by atoms with Gasteiger partial charge in [-0.1, -0.05) is 63.9 Å². The van der Waals surface area contributed by atoms with Gasteiger partial charge in [-0.2, -0.15) is 0 Å². The van der Waals surface area contributed by atoms with E-state index in [9.17, 15) is 19.2 Å². The lowest BCUT2D eigenvalue weighted by Gasteiger charge is -2.32. The lowest BCUT2D eigenvalue weighted by Crippen LogP contribution is -2.46. The van der Waals surface area contributed by atoms with Gasteiger partial charge in [0.05, 0.1) is 23.6 Å². The molecule has 2 fully saturated rings. The fraction of sp³-hybridized carbons (Fsp3) is 0.133. The van der Waals surface area contributed by atoms with Crippen LogP contribution in [-0.4, -0.2) is 40.4 Å². The SMILES string of the molecule is O=C(C1=C[C@H]2[C@H]3C(=O)N(c4ccc(Br)cc4)C(=O)[C@@H]3[C@H](C(=O)c3ccc(Cl)cc3)N2C=C1)c1ccccc1. The number of allylic oxidation sites excluding steroid dienone is 2. The van der Waals surface area contributed by atoms with Crippen molar-refractivity contribution in [3.8, 4) is 0 Å². The zero-order valence-corrected chi connectivity index (χ0v) is 22.2. The summed E-state index contributed by atoms with van der Waals surface area (Å²) < 4.78 is 0.812. The highest BCUT2D eigenvalue weighted by molar-refractivity contribution is 9.10. The third kappa shape index (κ3) is 3.94. The molecule has 0 N–H and O–H groups in total. The van der Waals surface area contributed by atoms with E-state index in [1.807, 2.05) is 6.07 Å². The molecule has 38 heavy (non-hydrogen) atoms. The molecule has 0 unspecified atom stereocenters. The fourth-order valence-electron chi connectivity index (χ4n) is 5.58. The van der Waals surface area contributed by atoms with Gasteiger partial charge in [0.15, 0.2) is 11.6 Å². The Labute approximate surface area is 232 Å². The average molecular weight is 588 g/mol. The number of amides is 2. The Balaban J connectivity index is 1.43. The molecule has 2 saturated heterocycles. The van der Waals surface area contributed by atoms with E-state index >= 15 is 0 Å². The van der Waals surface area contributed by atoms with Gasteiger partial charge in [0, 0.05) is 32.4 Å². The molecule has 0 spiro atoms. The van der Waals surface area contributed by atoms with Crippen LogP contribution in [0.2, 0.25) is 5.02 Å². The molecule has 0 saturated carbocycles. The first-order valence-corrected chi connectivity index (χ1v) is 13.2. The zero-order chi connectivity index (χ0) is 26.6. The smallest absolute Gasteiger partial charge is 0.240 e. The van der Waals surface area contributed by atoms with Crippen LogP contribution in [0.3, 0.4) is 0 Å². The molecule has 3 aromatic rings. The minimum Gasteiger partial charge on any atom is -0.359 e. The lowest BCUT2D eigenvalue weighted by atomic mass is 9.85. The minimum absolute atomic E-state index is 0.188. The van der Waals surface area contributed by atoms with E-state index in [1.54, 1.807) is 96.0 Å². The van der Waals surface area contributed by atoms with Crippen LogP contribution in [0.15, 0.2) is 107 Å². The molecule has 188 valence electrons. The maximum atomic E-state index is 13.8. The highest BCUT2D eigenvalue weighted by Gasteiger charge is 2.63. The van der Waals surface area contributed by atoms with Gasteiger partial charge in [-0.05, 0) is 54.6 Å². The molecule has 0 aromatic heterocycles. The van der Waals surface area contributed by atoms with E-state index in [0.29, 0.717) is 27.4 Å². The van der Waals surface area contributed by atoms with Gasteiger partial charge in [-0.3, -0.25) is 19.2 Å². The predicted octanol–water partition coefficient (Wildman–Crippen LogP) is 5.48. The number of fused-ring (bicyclic) bond motifs is 3. The van der Waals surface area contributed by atoms with Gasteiger partial charge >= 0.3 is 0 Å². The number of rotatable bonds is 5. The third-order valence-corrected chi connectivity index (χ3v) is 8.11. The average Bonchev–Trinajstić information content (AvgIpc) is 3.41. The van der Waals surface area contributed by atoms with Gasteiger partial charge in [0.2, 0.25) is 11.8 Å². The molecular weight excluding hydrogens is 568 g/mol. The normalized spacial score (nSPS) is 23.8. The number of halogens is 2. The molecular formula is C30H20BrClN2O4. The highest BCUT2D eigenvalue weighted by atomic mass is 79.9. The first-order valence-electron chi connectivity index (χ1n) is 12.1. The molecule has 3 heterocycles. The van der Waals surface area contributed by atoms with E-state index in [1.165, 1.54) is 4.90 Å². The summed E-state index contributed by atoms with van der Waals surface area (Å²) in [7, 11) is 0. The Morgan fingerprint density at radius 1 is 0.789 bits per heavy atom. The van der Waals surface area contributed by atoms with Crippen molar-refractivity contribution < 1.29 is 19.2 Å². The number of hydrogen-bond acceptors (Lipinski definition) is 5. The van der Waals surface area contributed by atoms with Gasteiger partial charge in [-0.25, -0.2) is 4.90 Å². The largest absolute Gasteiger partial charge is 0.359 e. The van der Waals surface area contributed by atoms with Crippen molar-refractivity contribution >= 4 is 56.6 Å². The van der Waals surface area contributed by atoms with E-state index in [4.69, 9.17) is 11.6 Å². The third-order valence-electron chi connectivity index (χ3n) is 7.33. The Morgan fingerprint density at radius 2 is 1.45 bits per heavy atom. The first kappa shape index (κ1) is 24.5. The van der Waals surface area contributed by atoms with E-state index in [2.05, 4.69) is 15.9 Å². The van der Waals surface area contributed by atoms with E-state index in [-0.39, 0.29) is 17.5 Å². The molecule has 6 rings (SSSR count). The summed E-state index contributed by atoms with van der Waals surface area (Å²) in [5.41, 5.74) is 1.77. The number of benzene rings is 3. The summed E-state index contributed by atoms with van der Waals surface area (Å²) in [4.78, 5) is 57.7. The van der Waals surface area contributed by atoms with Crippen molar-refractivity contribution in [1.29, 1.82) is 0 Å². The Hall–Kier alpha value is -3.81. The van der Waals surface area contributed by atoms with Gasteiger partial charge < -0.3 is 4.90 Å². The molecule has 3 aliphatic heterocycles. The predicted molar refractivity (Wildman–Crippen MR) is 147 cm³/mol. The quantitative estimate of drug-likeness (QED) is 0.292. The van der Waals surface area contributed by atoms with Crippen molar-refractivity contribution in [3.05, 3.63) is 123 Å². The van der Waals surface area contributed by atoms with Crippen LogP contribution in [-0.2, 0) is 9.59 Å². The summed E-state index contributed by atoms with van der Waals surface area (Å²) in [5.74, 6) is -3.02. The first-order chi connectivity index (χ1) is 18.3. The molecule has 0 aliphatic carbocycles. The van der Waals surface area contributed by atoms with Gasteiger partial charge in [0.25, 0.3) is 0 Å². The number of nitrogens with zero attached hydrogens (tertiary/aromatic N) is 2. The number of carbonyl (C=O) groups excluding carboxylic acids is 4. The van der Waals surface area contributed by atoms with Crippen LogP contribution in [0.25, 0.3) is 0 Å². The summed E-state index contributed by atoms with van der Waals surface area (Å²) >= 11 is 9.41. The standard InChI is InChI=1S/C30H20BrClN2O4/c31-20-8-12-22(13-9-20)34-29(37)24-23-16-19(27(35)17-4-2-1-3-5-17)14-15-33(23)26(25(24)30(34)38)28(36)18-6-10-21(32)11-7-18/h1-16,23-26H/t23-,24+,25-,26+/m0/s1. The molecule has 3 aromatic carbocycles. The van der Waals surface area contributed by atoms with Crippen molar-refractivity contribution in [3.63, 3.8) is 0 Å². The number of ketones is 2. The number of hydrogen-bond donors (Lipinski definition) is 0.